The Hall–Kier alpha value is -14.7. The lowest BCUT2D eigenvalue weighted by atomic mass is 9.77. The second-order valence-corrected chi connectivity index (χ2v) is 33.5. The Morgan fingerprint density at radius 1 is 0.348 bits per heavy atom. The number of alkyl halides is 12. The number of methoxy groups -OCH3 is 4. The standard InChI is InChI=1S/2C22H15F3N4O3.2C21H21BF3N3O4.C7H6BrNO/c1-12(30)16-5-3-6-17(26-16)13-9-14(21(31)32-2)15-11-29(28-18(15)10-13)20-8-4-7-19(27-20)22(23,24)25;1-12(30)16-5-3-6-17(27-16)13-9-14(21(31)32-2)15-11-26-29(18(15)10-13)20-8-4-7-19(28-20)22(23,24)25;1-19(2)20(3,4)32-22(31-19)12-9-13(18(29)30-5)14-11-28(27-15(14)10-12)17-8-6-7-16(26-17)21(23,24)25;1-19(2)20(3,4)32-22(31-19)12-9-13(18(29)30-5)14-11-26-28(15(14)10-12)17-8-6-7-16(27-17)21(23,24)25;1-5(10)6-3-2-4-7(8)9-6/h2*3-11H,1-2H3;2*6-11H,1-5H3;2-4H,1H3. The summed E-state index contributed by atoms with van der Waals surface area (Å²) in [6.07, 6.45) is -12.8. The Bertz CT molecular complexity index is 7200. The van der Waals surface area contributed by atoms with Crippen LogP contribution in [0.2, 0.25) is 0 Å². The van der Waals surface area contributed by atoms with Gasteiger partial charge in [0.25, 0.3) is 0 Å². The third-order valence-electron chi connectivity index (χ3n) is 22.2. The fourth-order valence-corrected chi connectivity index (χ4v) is 14.1. The number of Topliss-reactive ketones (excluding diaryl/α,β-unsaturated/α-hetero) is 3. The summed E-state index contributed by atoms with van der Waals surface area (Å²) >= 11 is 3.17. The molecule has 0 radical (unpaired) electrons. The van der Waals surface area contributed by atoms with Gasteiger partial charge < -0.3 is 37.6 Å². The van der Waals surface area contributed by atoms with Crippen LogP contribution < -0.4 is 10.9 Å². The van der Waals surface area contributed by atoms with Gasteiger partial charge >= 0.3 is 62.8 Å². The van der Waals surface area contributed by atoms with Crippen molar-refractivity contribution in [3.05, 3.63) is 267 Å². The molecule has 13 heterocycles. The first kappa shape index (κ1) is 101. The molecule has 138 heavy (non-hydrogen) atoms. The van der Waals surface area contributed by atoms with E-state index in [2.05, 4.69) is 71.2 Å². The summed E-state index contributed by atoms with van der Waals surface area (Å²) in [4.78, 5) is 111. The first-order valence-corrected chi connectivity index (χ1v) is 41.9. The number of hydrogen-bond donors (Lipinski definition) is 0. The van der Waals surface area contributed by atoms with Gasteiger partial charge in [-0.25, -0.2) is 72.8 Å². The fraction of sp³-hybridized carbons (Fsp3) is 0.247. The van der Waals surface area contributed by atoms with E-state index >= 15 is 0 Å². The molecular weight excluding hydrogens is 1900 g/mol. The van der Waals surface area contributed by atoms with E-state index in [-0.39, 0.29) is 74.3 Å². The number of nitrogens with zero attached hydrogens (tertiary/aromatic N) is 15. The summed E-state index contributed by atoms with van der Waals surface area (Å²) in [6, 6.07) is 41.8. The average molecular weight is 1980 g/mol. The van der Waals surface area contributed by atoms with Crippen LogP contribution in [0.4, 0.5) is 52.7 Å². The summed E-state index contributed by atoms with van der Waals surface area (Å²) in [6.45, 7) is 19.4. The summed E-state index contributed by atoms with van der Waals surface area (Å²) in [5.41, 5.74) is -0.841. The number of carbonyl (C=O) groups is 7. The lowest BCUT2D eigenvalue weighted by Crippen LogP contribution is -2.41. The number of fused-ring (bicyclic) bond motifs is 4. The highest BCUT2D eigenvalue weighted by atomic mass is 79.9. The maximum Gasteiger partial charge on any atom is 0.494 e. The predicted molar refractivity (Wildman–Crippen MR) is 481 cm³/mol. The molecule has 0 saturated carbocycles. The highest BCUT2D eigenvalue weighted by molar-refractivity contribution is 9.10. The molecule has 0 N–H and O–H groups in total. The summed E-state index contributed by atoms with van der Waals surface area (Å²) in [7, 11) is 3.36. The number of pyridine rings is 7. The zero-order chi connectivity index (χ0) is 101. The Balaban J connectivity index is 0.000000150. The molecule has 0 atom stereocenters. The Kier molecular flexibility index (Phi) is 28.6. The zero-order valence-corrected chi connectivity index (χ0v) is 77.0. The number of benzene rings is 4. The molecule has 2 saturated heterocycles. The Morgan fingerprint density at radius 3 is 0.993 bits per heavy atom. The van der Waals surface area contributed by atoms with Crippen LogP contribution in [-0.2, 0) is 62.3 Å². The zero-order valence-electron chi connectivity index (χ0n) is 75.5. The molecule has 45 heteroatoms. The molecule has 15 aromatic rings. The van der Waals surface area contributed by atoms with Crippen molar-refractivity contribution < 1.29 is 124 Å². The first-order valence-electron chi connectivity index (χ1n) is 41.2. The van der Waals surface area contributed by atoms with E-state index < -0.39 is 108 Å². The molecule has 0 aliphatic carbocycles. The van der Waals surface area contributed by atoms with E-state index in [1.165, 1.54) is 149 Å². The molecule has 0 spiro atoms. The predicted octanol–water partition coefficient (Wildman–Crippen LogP) is 18.1. The van der Waals surface area contributed by atoms with Gasteiger partial charge in [-0.1, -0.05) is 42.5 Å². The van der Waals surface area contributed by atoms with Gasteiger partial charge in [0, 0.05) is 65.8 Å². The fourth-order valence-electron chi connectivity index (χ4n) is 13.8. The van der Waals surface area contributed by atoms with E-state index in [9.17, 15) is 86.2 Å². The van der Waals surface area contributed by atoms with Crippen LogP contribution in [0.3, 0.4) is 0 Å². The number of aromatic nitrogens is 15. The van der Waals surface area contributed by atoms with Crippen LogP contribution in [0.25, 0.3) is 89.4 Å². The molecular formula is C93H78B2BrF12N15O15. The summed E-state index contributed by atoms with van der Waals surface area (Å²) in [5.74, 6) is -3.25. The molecule has 4 aromatic carbocycles. The molecule has 11 aromatic heterocycles. The van der Waals surface area contributed by atoms with Gasteiger partial charge in [-0.05, 0) is 216 Å². The van der Waals surface area contributed by atoms with Gasteiger partial charge in [0.15, 0.2) is 40.6 Å². The maximum atomic E-state index is 13.2. The van der Waals surface area contributed by atoms with E-state index in [0.29, 0.717) is 87.3 Å². The van der Waals surface area contributed by atoms with E-state index in [1.807, 2.05) is 55.4 Å². The quantitative estimate of drug-likeness (QED) is 0.0230. The van der Waals surface area contributed by atoms with E-state index in [0.717, 1.165) is 28.9 Å². The third-order valence-corrected chi connectivity index (χ3v) is 22.7. The number of esters is 4. The lowest BCUT2D eigenvalue weighted by Gasteiger charge is -2.32. The Morgan fingerprint density at radius 2 is 0.645 bits per heavy atom. The highest BCUT2D eigenvalue weighted by Gasteiger charge is 2.54. The minimum Gasteiger partial charge on any atom is -0.465 e. The third kappa shape index (κ3) is 21.9. The van der Waals surface area contributed by atoms with Crippen molar-refractivity contribution >= 4 is 126 Å². The van der Waals surface area contributed by atoms with Crippen molar-refractivity contribution in [2.75, 3.05) is 28.4 Å². The first-order chi connectivity index (χ1) is 64.7. The van der Waals surface area contributed by atoms with Crippen molar-refractivity contribution in [1.82, 2.24) is 74.0 Å². The second-order valence-electron chi connectivity index (χ2n) is 32.7. The van der Waals surface area contributed by atoms with Gasteiger partial charge in [0.2, 0.25) is 0 Å². The van der Waals surface area contributed by atoms with Crippen LogP contribution >= 0.6 is 15.9 Å². The number of halogens is 13. The van der Waals surface area contributed by atoms with Crippen LogP contribution in [0.1, 0.15) is 172 Å². The van der Waals surface area contributed by atoms with Gasteiger partial charge in [0.1, 0.15) is 44.5 Å². The number of carbonyl (C=O) groups excluding carboxylic acids is 7. The van der Waals surface area contributed by atoms with E-state index in [4.69, 9.17) is 37.6 Å². The molecule has 0 amide bonds. The topological polar surface area (TPSA) is 355 Å². The van der Waals surface area contributed by atoms with Crippen LogP contribution in [0.15, 0.2) is 205 Å². The monoisotopic (exact) mass is 1970 g/mol. The molecule has 0 bridgehead atoms. The average Bonchev–Trinajstić information content (AvgIpc) is 1.60. The smallest absolute Gasteiger partial charge is 0.465 e. The lowest BCUT2D eigenvalue weighted by molar-refractivity contribution is -0.141. The highest BCUT2D eigenvalue weighted by Crippen LogP contribution is 2.41. The number of hydrogen-bond acceptors (Lipinski definition) is 26. The van der Waals surface area contributed by atoms with Crippen LogP contribution in [-0.4, -0.2) is 180 Å². The number of ether oxygens (including phenoxy) is 4. The van der Waals surface area contributed by atoms with Gasteiger partial charge in [-0.2, -0.15) is 73.1 Å². The largest absolute Gasteiger partial charge is 0.494 e. The van der Waals surface area contributed by atoms with Gasteiger partial charge in [-0.15, -0.1) is 0 Å². The summed E-state index contributed by atoms with van der Waals surface area (Å²) < 4.78 is 207. The molecule has 2 fully saturated rings. The second kappa shape index (κ2) is 39.2. The SMILES string of the molecule is CC(=O)c1cccc(Br)n1.COC(=O)c1cc(-c2cccc(C(C)=O)n2)cc2c1cnn2-c1cccc(C(F)(F)F)n1.COC(=O)c1cc(-c2cccc(C(C)=O)n2)cc2nn(-c3cccc(C(F)(F)F)n3)cc12.COC(=O)c1cc(B2OC(C)(C)C(C)(C)O2)cc2c1cnn2-c1cccc(C(F)(F)F)n1.COC(=O)c1cc(B2OC(C)(C)C(C)(C)O2)cc2nn(-c3cccc(C(F)(F)F)n3)cc12. The van der Waals surface area contributed by atoms with Crippen molar-refractivity contribution in [3.63, 3.8) is 0 Å². The minimum absolute atomic E-state index is 0.0127. The van der Waals surface area contributed by atoms with Crippen molar-refractivity contribution in [2.24, 2.45) is 0 Å². The maximum absolute atomic E-state index is 13.2. The Labute approximate surface area is 784 Å². The van der Waals surface area contributed by atoms with Crippen molar-refractivity contribution in [2.45, 2.75) is 123 Å². The van der Waals surface area contributed by atoms with Gasteiger partial charge in [-0.3, -0.25) is 14.4 Å². The van der Waals surface area contributed by atoms with E-state index in [1.54, 1.807) is 91.0 Å². The van der Waals surface area contributed by atoms with Crippen molar-refractivity contribution in [3.8, 4) is 45.8 Å². The van der Waals surface area contributed by atoms with Crippen LogP contribution in [0.5, 0.6) is 0 Å². The molecule has 0 unspecified atom stereocenters. The summed E-state index contributed by atoms with van der Waals surface area (Å²) in [5, 5.41) is 18.5. The molecule has 2 aliphatic rings. The number of ketones is 3. The van der Waals surface area contributed by atoms with Crippen LogP contribution in [0, 0.1) is 0 Å². The minimum atomic E-state index is -4.63. The molecule has 712 valence electrons. The van der Waals surface area contributed by atoms with Crippen molar-refractivity contribution in [1.29, 1.82) is 0 Å². The molecule has 30 nitrogen and oxygen atoms in total. The molecule has 2 aliphatic heterocycles. The van der Waals surface area contributed by atoms with Gasteiger partial charge in [0.05, 0.1) is 119 Å². The molecule has 17 rings (SSSR count). The number of rotatable bonds is 15. The normalized spacial score (nSPS) is 14.2.